The van der Waals surface area contributed by atoms with E-state index in [-0.39, 0.29) is 0 Å². The van der Waals surface area contributed by atoms with Gasteiger partial charge in [-0.15, -0.1) is 0 Å². The van der Waals surface area contributed by atoms with Crippen molar-refractivity contribution in [3.63, 3.8) is 0 Å². The van der Waals surface area contributed by atoms with E-state index in [1.165, 1.54) is 10.8 Å². The molecule has 18 heavy (non-hydrogen) atoms. The number of nitrogens with one attached hydrogen (secondary N) is 2. The Morgan fingerprint density at radius 3 is 2.67 bits per heavy atom. The predicted octanol–water partition coefficient (Wildman–Crippen LogP) is 4.30. The van der Waals surface area contributed by atoms with Crippen molar-refractivity contribution in [1.29, 1.82) is 0 Å². The van der Waals surface area contributed by atoms with Crippen LogP contribution in [0.15, 0.2) is 40.9 Å². The highest BCUT2D eigenvalue weighted by atomic mass is 79.9. The van der Waals surface area contributed by atoms with Crippen molar-refractivity contribution >= 4 is 49.7 Å². The number of hydrogen-bond donors (Lipinski definition) is 2. The van der Waals surface area contributed by atoms with Crippen LogP contribution in [0.1, 0.15) is 13.3 Å². The molecule has 94 valence electrons. The van der Waals surface area contributed by atoms with Crippen LogP contribution in [0.2, 0.25) is 0 Å². The molecule has 0 saturated carbocycles. The van der Waals surface area contributed by atoms with E-state index < -0.39 is 0 Å². The van der Waals surface area contributed by atoms with Crippen molar-refractivity contribution in [2.75, 3.05) is 11.9 Å². The lowest BCUT2D eigenvalue weighted by Gasteiger charge is -2.10. The van der Waals surface area contributed by atoms with Gasteiger partial charge in [0.2, 0.25) is 0 Å². The van der Waals surface area contributed by atoms with E-state index in [2.05, 4.69) is 57.8 Å². The standard InChI is InChI=1S/C14H15BrN2S/c1-2-7-16-14(18)17-13-6-4-10-8-12(15)5-3-11(10)9-13/h3-6,8-9H,2,7H2,1H3,(H2,16,17,18). The summed E-state index contributed by atoms with van der Waals surface area (Å²) in [7, 11) is 0. The minimum Gasteiger partial charge on any atom is -0.362 e. The summed E-state index contributed by atoms with van der Waals surface area (Å²) in [5.41, 5.74) is 1.01. The van der Waals surface area contributed by atoms with E-state index in [1.54, 1.807) is 0 Å². The fourth-order valence-corrected chi connectivity index (χ4v) is 2.31. The van der Waals surface area contributed by atoms with E-state index in [9.17, 15) is 0 Å². The second-order valence-electron chi connectivity index (χ2n) is 4.09. The molecule has 0 atom stereocenters. The summed E-state index contributed by atoms with van der Waals surface area (Å²) in [6.45, 7) is 3.01. The molecule has 4 heteroatoms. The SMILES string of the molecule is CCCNC(=S)Nc1ccc2cc(Br)ccc2c1. The molecular formula is C14H15BrN2S. The van der Waals surface area contributed by atoms with Crippen LogP contribution in [0.4, 0.5) is 5.69 Å². The van der Waals surface area contributed by atoms with Gasteiger partial charge in [0.1, 0.15) is 0 Å². The van der Waals surface area contributed by atoms with Crippen LogP contribution in [-0.2, 0) is 0 Å². The van der Waals surface area contributed by atoms with Gasteiger partial charge in [-0.05, 0) is 53.7 Å². The summed E-state index contributed by atoms with van der Waals surface area (Å²) in [5.74, 6) is 0. The number of fused-ring (bicyclic) bond motifs is 1. The van der Waals surface area contributed by atoms with E-state index in [0.29, 0.717) is 5.11 Å². The largest absolute Gasteiger partial charge is 0.362 e. The van der Waals surface area contributed by atoms with Crippen LogP contribution in [0.5, 0.6) is 0 Å². The third-order valence-corrected chi connectivity index (χ3v) is 3.34. The van der Waals surface area contributed by atoms with Gasteiger partial charge in [0.15, 0.2) is 5.11 Å². The molecule has 2 aromatic rings. The molecule has 0 heterocycles. The van der Waals surface area contributed by atoms with Gasteiger partial charge < -0.3 is 10.6 Å². The van der Waals surface area contributed by atoms with Crippen molar-refractivity contribution in [3.8, 4) is 0 Å². The van der Waals surface area contributed by atoms with Gasteiger partial charge in [0, 0.05) is 16.7 Å². The van der Waals surface area contributed by atoms with E-state index >= 15 is 0 Å². The summed E-state index contributed by atoms with van der Waals surface area (Å²) < 4.78 is 1.09. The number of thiocarbonyl (C=S) groups is 1. The fourth-order valence-electron chi connectivity index (χ4n) is 1.71. The Labute approximate surface area is 121 Å². The highest BCUT2D eigenvalue weighted by Crippen LogP contribution is 2.22. The molecule has 0 bridgehead atoms. The second-order valence-corrected chi connectivity index (χ2v) is 5.41. The Balaban J connectivity index is 2.15. The van der Waals surface area contributed by atoms with Crippen molar-refractivity contribution < 1.29 is 0 Å². The highest BCUT2D eigenvalue weighted by Gasteiger charge is 1.99. The number of benzene rings is 2. The van der Waals surface area contributed by atoms with Crippen LogP contribution in [0.25, 0.3) is 10.8 Å². The number of halogens is 1. The predicted molar refractivity (Wildman–Crippen MR) is 86.2 cm³/mol. The van der Waals surface area contributed by atoms with E-state index in [0.717, 1.165) is 23.1 Å². The lowest BCUT2D eigenvalue weighted by molar-refractivity contribution is 0.846. The zero-order valence-electron chi connectivity index (χ0n) is 10.2. The molecule has 0 aliphatic carbocycles. The number of anilines is 1. The lowest BCUT2D eigenvalue weighted by Crippen LogP contribution is -2.28. The van der Waals surface area contributed by atoms with Crippen molar-refractivity contribution in [2.24, 2.45) is 0 Å². The number of rotatable bonds is 3. The molecule has 2 nitrogen and oxygen atoms in total. The van der Waals surface area contributed by atoms with Crippen molar-refractivity contribution in [1.82, 2.24) is 5.32 Å². The highest BCUT2D eigenvalue weighted by molar-refractivity contribution is 9.10. The molecule has 0 saturated heterocycles. The fraction of sp³-hybridized carbons (Fsp3) is 0.214. The van der Waals surface area contributed by atoms with Crippen LogP contribution in [-0.4, -0.2) is 11.7 Å². The Kier molecular flexibility index (Phi) is 4.55. The normalized spacial score (nSPS) is 10.3. The minimum atomic E-state index is 0.674. The van der Waals surface area contributed by atoms with Crippen molar-refractivity contribution in [2.45, 2.75) is 13.3 Å². The molecule has 2 N–H and O–H groups in total. The molecule has 0 spiro atoms. The molecule has 2 aromatic carbocycles. The molecule has 0 radical (unpaired) electrons. The quantitative estimate of drug-likeness (QED) is 0.824. The average molecular weight is 323 g/mol. The van der Waals surface area contributed by atoms with E-state index in [4.69, 9.17) is 12.2 Å². The molecule has 0 unspecified atom stereocenters. The average Bonchev–Trinajstić information content (AvgIpc) is 2.36. The molecule has 0 fully saturated rings. The second kappa shape index (κ2) is 6.16. The summed E-state index contributed by atoms with van der Waals surface area (Å²) in [6, 6.07) is 12.5. The third kappa shape index (κ3) is 3.43. The Hall–Kier alpha value is -1.13. The maximum Gasteiger partial charge on any atom is 0.170 e. The number of hydrogen-bond acceptors (Lipinski definition) is 1. The summed E-state index contributed by atoms with van der Waals surface area (Å²) in [5, 5.41) is 9.42. The van der Waals surface area contributed by atoms with Crippen LogP contribution in [0.3, 0.4) is 0 Å². The Bertz CT molecular complexity index is 569. The summed E-state index contributed by atoms with van der Waals surface area (Å²) in [4.78, 5) is 0. The summed E-state index contributed by atoms with van der Waals surface area (Å²) >= 11 is 8.69. The first kappa shape index (κ1) is 13.3. The third-order valence-electron chi connectivity index (χ3n) is 2.60. The van der Waals surface area contributed by atoms with E-state index in [1.807, 2.05) is 12.1 Å². The van der Waals surface area contributed by atoms with Gasteiger partial charge in [-0.2, -0.15) is 0 Å². The van der Waals surface area contributed by atoms with Gasteiger partial charge in [0.05, 0.1) is 0 Å². The topological polar surface area (TPSA) is 24.1 Å². The first-order valence-electron chi connectivity index (χ1n) is 5.93. The molecule has 0 amide bonds. The Morgan fingerprint density at radius 2 is 1.89 bits per heavy atom. The monoisotopic (exact) mass is 322 g/mol. The lowest BCUT2D eigenvalue weighted by atomic mass is 10.1. The smallest absolute Gasteiger partial charge is 0.170 e. The van der Waals surface area contributed by atoms with Gasteiger partial charge in [-0.25, -0.2) is 0 Å². The molecule has 0 aliphatic heterocycles. The molecule has 0 aliphatic rings. The zero-order chi connectivity index (χ0) is 13.0. The maximum absolute atomic E-state index is 5.22. The van der Waals surface area contributed by atoms with Crippen LogP contribution >= 0.6 is 28.1 Å². The first-order chi connectivity index (χ1) is 8.69. The van der Waals surface area contributed by atoms with Gasteiger partial charge in [-0.1, -0.05) is 35.0 Å². The Morgan fingerprint density at radius 1 is 1.17 bits per heavy atom. The van der Waals surface area contributed by atoms with Crippen molar-refractivity contribution in [3.05, 3.63) is 40.9 Å². The van der Waals surface area contributed by atoms with Gasteiger partial charge in [-0.3, -0.25) is 0 Å². The van der Waals surface area contributed by atoms with Gasteiger partial charge >= 0.3 is 0 Å². The minimum absolute atomic E-state index is 0.674. The molecular weight excluding hydrogens is 308 g/mol. The van der Waals surface area contributed by atoms with Crippen LogP contribution < -0.4 is 10.6 Å². The van der Waals surface area contributed by atoms with Gasteiger partial charge in [0.25, 0.3) is 0 Å². The van der Waals surface area contributed by atoms with Crippen LogP contribution in [0, 0.1) is 0 Å². The summed E-state index contributed by atoms with van der Waals surface area (Å²) in [6.07, 6.45) is 1.06. The molecule has 0 aromatic heterocycles. The molecule has 2 rings (SSSR count). The first-order valence-corrected chi connectivity index (χ1v) is 7.13. The zero-order valence-corrected chi connectivity index (χ0v) is 12.6. The maximum atomic E-state index is 5.22.